The molecule has 0 atom stereocenters. The van der Waals surface area contributed by atoms with Crippen LogP contribution in [0.15, 0.2) is 42.5 Å². The quantitative estimate of drug-likeness (QED) is 0.850. The Morgan fingerprint density at radius 2 is 1.89 bits per heavy atom. The van der Waals surface area contributed by atoms with Crippen molar-refractivity contribution < 1.29 is 19.1 Å². The Morgan fingerprint density at radius 3 is 2.63 bits per heavy atom. The third-order valence-corrected chi connectivity index (χ3v) is 4.64. The number of methoxy groups -OCH3 is 2. The second-order valence-corrected chi connectivity index (χ2v) is 6.42. The Balaban J connectivity index is 1.67. The molecule has 2 aromatic rings. The molecule has 0 radical (unpaired) electrons. The molecule has 0 saturated carbocycles. The summed E-state index contributed by atoms with van der Waals surface area (Å²) in [7, 11) is 3.09. The smallest absolute Gasteiger partial charge is 0.251 e. The number of nitrogens with one attached hydrogen (secondary N) is 1. The number of hydrogen-bond acceptors (Lipinski definition) is 4. The minimum absolute atomic E-state index is 0.160. The number of rotatable bonds is 6. The van der Waals surface area contributed by atoms with E-state index in [0.717, 1.165) is 30.6 Å². The number of amides is 2. The number of piperidine rings is 1. The summed E-state index contributed by atoms with van der Waals surface area (Å²) >= 11 is 0. The minimum Gasteiger partial charge on any atom is -0.493 e. The average Bonchev–Trinajstić information content (AvgIpc) is 2.72. The molecule has 1 N–H and O–H groups in total. The molecule has 0 spiro atoms. The van der Waals surface area contributed by atoms with Gasteiger partial charge in [-0.15, -0.1) is 0 Å². The van der Waals surface area contributed by atoms with Crippen molar-refractivity contribution in [3.05, 3.63) is 53.6 Å². The van der Waals surface area contributed by atoms with Crippen molar-refractivity contribution in [3.8, 4) is 11.5 Å². The average molecular weight is 368 g/mol. The predicted molar refractivity (Wildman–Crippen MR) is 103 cm³/mol. The molecule has 0 aliphatic carbocycles. The molecule has 27 heavy (non-hydrogen) atoms. The molecule has 142 valence electrons. The molecule has 1 fully saturated rings. The number of hydrogen-bond donors (Lipinski definition) is 1. The zero-order chi connectivity index (χ0) is 19.2. The maximum atomic E-state index is 12.5. The van der Waals surface area contributed by atoms with Crippen molar-refractivity contribution in [2.45, 2.75) is 25.8 Å². The lowest BCUT2D eigenvalue weighted by Crippen LogP contribution is -2.35. The highest BCUT2D eigenvalue weighted by molar-refractivity contribution is 5.95. The summed E-state index contributed by atoms with van der Waals surface area (Å²) in [5.41, 5.74) is 2.33. The van der Waals surface area contributed by atoms with E-state index in [-0.39, 0.29) is 11.8 Å². The fourth-order valence-corrected chi connectivity index (χ4v) is 3.18. The molecular formula is C21H24N2O4. The second-order valence-electron chi connectivity index (χ2n) is 6.42. The zero-order valence-electron chi connectivity index (χ0n) is 15.7. The van der Waals surface area contributed by atoms with Gasteiger partial charge < -0.3 is 19.7 Å². The van der Waals surface area contributed by atoms with Crippen molar-refractivity contribution >= 4 is 17.5 Å². The number of carbonyl (C=O) groups excluding carboxylic acids is 2. The van der Waals surface area contributed by atoms with Crippen LogP contribution in [0.2, 0.25) is 0 Å². The second kappa shape index (κ2) is 8.58. The Kier molecular flexibility index (Phi) is 5.96. The molecule has 1 saturated heterocycles. The topological polar surface area (TPSA) is 67.9 Å². The zero-order valence-corrected chi connectivity index (χ0v) is 15.7. The molecule has 6 heteroatoms. The summed E-state index contributed by atoms with van der Waals surface area (Å²) in [6.45, 7) is 1.13. The van der Waals surface area contributed by atoms with E-state index < -0.39 is 0 Å². The van der Waals surface area contributed by atoms with E-state index in [9.17, 15) is 9.59 Å². The van der Waals surface area contributed by atoms with Gasteiger partial charge in [0.1, 0.15) is 0 Å². The first-order chi connectivity index (χ1) is 13.1. The van der Waals surface area contributed by atoms with Crippen molar-refractivity contribution in [1.82, 2.24) is 5.32 Å². The lowest BCUT2D eigenvalue weighted by molar-refractivity contribution is -0.119. The van der Waals surface area contributed by atoms with Crippen molar-refractivity contribution in [2.24, 2.45) is 0 Å². The van der Waals surface area contributed by atoms with Crippen LogP contribution in [0.3, 0.4) is 0 Å². The number of nitrogens with zero attached hydrogens (tertiary/aromatic N) is 1. The summed E-state index contributed by atoms with van der Waals surface area (Å²) in [5.74, 6) is 1.05. The van der Waals surface area contributed by atoms with E-state index in [0.29, 0.717) is 30.0 Å². The van der Waals surface area contributed by atoms with Crippen LogP contribution in [0.1, 0.15) is 35.2 Å². The van der Waals surface area contributed by atoms with Crippen molar-refractivity contribution in [3.63, 3.8) is 0 Å². The van der Waals surface area contributed by atoms with E-state index >= 15 is 0 Å². The first-order valence-corrected chi connectivity index (χ1v) is 9.02. The van der Waals surface area contributed by atoms with Crippen LogP contribution in [0.5, 0.6) is 11.5 Å². The molecule has 3 rings (SSSR count). The molecule has 0 aromatic heterocycles. The molecular weight excluding hydrogens is 344 g/mol. The number of benzene rings is 2. The molecule has 2 aromatic carbocycles. The van der Waals surface area contributed by atoms with Crippen LogP contribution in [0.4, 0.5) is 5.69 Å². The van der Waals surface area contributed by atoms with Crippen molar-refractivity contribution in [1.29, 1.82) is 0 Å². The lowest BCUT2D eigenvalue weighted by atomic mass is 10.1. The van der Waals surface area contributed by atoms with Gasteiger partial charge in [-0.2, -0.15) is 0 Å². The van der Waals surface area contributed by atoms with Crippen LogP contribution in [0, 0.1) is 0 Å². The fourth-order valence-electron chi connectivity index (χ4n) is 3.18. The summed E-state index contributed by atoms with van der Waals surface area (Å²) < 4.78 is 10.4. The number of ether oxygens (including phenoxy) is 2. The summed E-state index contributed by atoms with van der Waals surface area (Å²) in [4.78, 5) is 26.4. The highest BCUT2D eigenvalue weighted by Crippen LogP contribution is 2.27. The van der Waals surface area contributed by atoms with Gasteiger partial charge >= 0.3 is 0 Å². The normalized spacial score (nSPS) is 14.0. The lowest BCUT2D eigenvalue weighted by Gasteiger charge is -2.27. The molecule has 2 amide bonds. The molecule has 1 heterocycles. The highest BCUT2D eigenvalue weighted by atomic mass is 16.5. The highest BCUT2D eigenvalue weighted by Gasteiger charge is 2.19. The van der Waals surface area contributed by atoms with Crippen LogP contribution in [-0.4, -0.2) is 32.6 Å². The molecule has 1 aliphatic heterocycles. The van der Waals surface area contributed by atoms with Gasteiger partial charge in [-0.3, -0.25) is 9.59 Å². The number of anilines is 1. The Morgan fingerprint density at radius 1 is 1.07 bits per heavy atom. The monoisotopic (exact) mass is 368 g/mol. The van der Waals surface area contributed by atoms with Crippen LogP contribution >= 0.6 is 0 Å². The third-order valence-electron chi connectivity index (χ3n) is 4.64. The Labute approximate surface area is 159 Å². The fraction of sp³-hybridized carbons (Fsp3) is 0.333. The van der Waals surface area contributed by atoms with Crippen molar-refractivity contribution in [2.75, 3.05) is 25.7 Å². The summed E-state index contributed by atoms with van der Waals surface area (Å²) in [6, 6.07) is 12.8. The Hall–Kier alpha value is -3.02. The maximum Gasteiger partial charge on any atom is 0.251 e. The standard InChI is InChI=1S/C21H24N2O4/c1-26-18-10-9-16(13-19(18)27-2)21(25)22-14-15-6-5-7-17(12-15)23-11-4-3-8-20(23)24/h5-7,9-10,12-13H,3-4,8,11,14H2,1-2H3,(H,22,25). The summed E-state index contributed by atoms with van der Waals surface area (Å²) in [6.07, 6.45) is 2.57. The van der Waals surface area contributed by atoms with Crippen LogP contribution in [0.25, 0.3) is 0 Å². The SMILES string of the molecule is COc1ccc(C(=O)NCc2cccc(N3CCCCC3=O)c2)cc1OC. The van der Waals surface area contributed by atoms with E-state index in [1.165, 1.54) is 7.11 Å². The summed E-state index contributed by atoms with van der Waals surface area (Å²) in [5, 5.41) is 2.91. The predicted octanol–water partition coefficient (Wildman–Crippen LogP) is 3.15. The van der Waals surface area contributed by atoms with E-state index in [2.05, 4.69) is 5.32 Å². The van der Waals surface area contributed by atoms with Gasteiger partial charge in [-0.25, -0.2) is 0 Å². The first kappa shape index (κ1) is 18.8. The van der Waals surface area contributed by atoms with Gasteiger partial charge in [0.25, 0.3) is 5.91 Å². The molecule has 0 bridgehead atoms. The van der Waals surface area contributed by atoms with Crippen LogP contribution < -0.4 is 19.7 Å². The first-order valence-electron chi connectivity index (χ1n) is 9.02. The van der Waals surface area contributed by atoms with Gasteiger partial charge in [0.05, 0.1) is 14.2 Å². The Bertz CT molecular complexity index is 835. The van der Waals surface area contributed by atoms with Gasteiger partial charge in [0.15, 0.2) is 11.5 Å². The minimum atomic E-state index is -0.199. The van der Waals surface area contributed by atoms with E-state index in [1.807, 2.05) is 29.2 Å². The molecule has 6 nitrogen and oxygen atoms in total. The largest absolute Gasteiger partial charge is 0.493 e. The van der Waals surface area contributed by atoms with E-state index in [1.54, 1.807) is 25.3 Å². The van der Waals surface area contributed by atoms with Crippen LogP contribution in [-0.2, 0) is 11.3 Å². The third kappa shape index (κ3) is 4.39. The van der Waals surface area contributed by atoms with Gasteiger partial charge in [-0.05, 0) is 48.7 Å². The van der Waals surface area contributed by atoms with E-state index in [4.69, 9.17) is 9.47 Å². The van der Waals surface area contributed by atoms with Gasteiger partial charge in [0, 0.05) is 30.8 Å². The van der Waals surface area contributed by atoms with Gasteiger partial charge in [-0.1, -0.05) is 12.1 Å². The molecule has 0 unspecified atom stereocenters. The maximum absolute atomic E-state index is 12.5. The number of carbonyl (C=O) groups is 2. The van der Waals surface area contributed by atoms with Gasteiger partial charge in [0.2, 0.25) is 5.91 Å². The molecule has 1 aliphatic rings.